The van der Waals surface area contributed by atoms with Gasteiger partial charge in [-0.3, -0.25) is 14.5 Å². The Morgan fingerprint density at radius 3 is 1.93 bits per heavy atom. The summed E-state index contributed by atoms with van der Waals surface area (Å²) < 4.78 is 11.1. The van der Waals surface area contributed by atoms with Crippen LogP contribution in [0.3, 0.4) is 0 Å². The van der Waals surface area contributed by atoms with Gasteiger partial charge in [0, 0.05) is 17.4 Å². The molecule has 0 spiro atoms. The second-order valence-electron chi connectivity index (χ2n) is 6.66. The quantitative estimate of drug-likeness (QED) is 0.641. The van der Waals surface area contributed by atoms with Crippen LogP contribution in [0.15, 0.2) is 42.5 Å². The Bertz CT molecular complexity index is 821. The zero-order chi connectivity index (χ0) is 21.2. The predicted molar refractivity (Wildman–Crippen MR) is 115 cm³/mol. The van der Waals surface area contributed by atoms with Gasteiger partial charge in [0.05, 0.1) is 26.3 Å². The van der Waals surface area contributed by atoms with Crippen molar-refractivity contribution in [2.24, 2.45) is 0 Å². The number of ether oxygens (including phenoxy) is 2. The minimum Gasteiger partial charge on any atom is -0.490 e. The molecule has 2 N–H and O–H groups in total. The number of nitrogens with one attached hydrogen (secondary N) is 2. The molecule has 2 rings (SSSR count). The second kappa shape index (κ2) is 11.1. The van der Waals surface area contributed by atoms with Gasteiger partial charge >= 0.3 is 0 Å². The average Bonchev–Trinajstić information content (AvgIpc) is 2.65. The summed E-state index contributed by atoms with van der Waals surface area (Å²) in [6.45, 7) is 6.98. The second-order valence-corrected chi connectivity index (χ2v) is 6.66. The minimum atomic E-state index is -0.220. The molecule has 0 aromatic heterocycles. The highest BCUT2D eigenvalue weighted by atomic mass is 16.5. The first-order valence-electron chi connectivity index (χ1n) is 9.65. The summed E-state index contributed by atoms with van der Waals surface area (Å²) in [5.74, 6) is 0.821. The zero-order valence-electron chi connectivity index (χ0n) is 17.5. The van der Waals surface area contributed by atoms with Crippen molar-refractivity contribution in [3.63, 3.8) is 0 Å². The Kier molecular flexibility index (Phi) is 8.48. The maximum Gasteiger partial charge on any atom is 0.238 e. The van der Waals surface area contributed by atoms with E-state index in [4.69, 9.17) is 9.47 Å². The Labute approximate surface area is 172 Å². The van der Waals surface area contributed by atoms with Crippen LogP contribution in [0.5, 0.6) is 11.5 Å². The van der Waals surface area contributed by atoms with Crippen molar-refractivity contribution < 1.29 is 19.1 Å². The average molecular weight is 399 g/mol. The number of likely N-dealkylation sites (N-methyl/N-ethyl adjacent to an activating group) is 1. The fourth-order valence-electron chi connectivity index (χ4n) is 2.71. The number of rotatable bonds is 10. The van der Waals surface area contributed by atoms with Crippen molar-refractivity contribution in [3.05, 3.63) is 48.0 Å². The highest BCUT2D eigenvalue weighted by Gasteiger charge is 2.13. The van der Waals surface area contributed by atoms with Gasteiger partial charge in [0.1, 0.15) is 0 Å². The van der Waals surface area contributed by atoms with E-state index in [0.717, 1.165) is 11.3 Å². The van der Waals surface area contributed by atoms with E-state index in [1.54, 1.807) is 30.1 Å². The van der Waals surface area contributed by atoms with E-state index in [9.17, 15) is 9.59 Å². The Balaban J connectivity index is 1.86. The summed E-state index contributed by atoms with van der Waals surface area (Å²) in [7, 11) is 1.72. The summed E-state index contributed by atoms with van der Waals surface area (Å²) in [4.78, 5) is 26.1. The number of hydrogen-bond donors (Lipinski definition) is 2. The van der Waals surface area contributed by atoms with Crippen molar-refractivity contribution >= 4 is 23.2 Å². The van der Waals surface area contributed by atoms with E-state index in [1.165, 1.54) is 0 Å². The van der Waals surface area contributed by atoms with Crippen LogP contribution in [-0.4, -0.2) is 50.1 Å². The first-order chi connectivity index (χ1) is 13.9. The molecule has 0 bridgehead atoms. The molecule has 7 nitrogen and oxygen atoms in total. The van der Waals surface area contributed by atoms with Crippen LogP contribution in [-0.2, 0) is 9.59 Å². The summed E-state index contributed by atoms with van der Waals surface area (Å²) >= 11 is 0. The van der Waals surface area contributed by atoms with Gasteiger partial charge in [0.25, 0.3) is 0 Å². The molecular formula is C22H29N3O4. The molecule has 0 aliphatic rings. The number of carbonyl (C=O) groups is 2. The van der Waals surface area contributed by atoms with Crippen LogP contribution >= 0.6 is 0 Å². The SMILES string of the molecule is CCOc1ccc(NC(=O)CN(C)CC(=O)Nc2ccc(C)cc2)cc1OCC. The van der Waals surface area contributed by atoms with Gasteiger partial charge in [0.15, 0.2) is 11.5 Å². The van der Waals surface area contributed by atoms with E-state index >= 15 is 0 Å². The third-order valence-corrected chi connectivity index (χ3v) is 3.99. The van der Waals surface area contributed by atoms with Gasteiger partial charge in [-0.15, -0.1) is 0 Å². The number of anilines is 2. The molecular weight excluding hydrogens is 370 g/mol. The van der Waals surface area contributed by atoms with Crippen molar-refractivity contribution in [3.8, 4) is 11.5 Å². The highest BCUT2D eigenvalue weighted by Crippen LogP contribution is 2.30. The van der Waals surface area contributed by atoms with Crippen LogP contribution < -0.4 is 20.1 Å². The van der Waals surface area contributed by atoms with E-state index < -0.39 is 0 Å². The van der Waals surface area contributed by atoms with E-state index in [2.05, 4.69) is 10.6 Å². The number of benzene rings is 2. The highest BCUT2D eigenvalue weighted by molar-refractivity contribution is 5.94. The topological polar surface area (TPSA) is 79.9 Å². The third-order valence-electron chi connectivity index (χ3n) is 3.99. The van der Waals surface area contributed by atoms with Crippen molar-refractivity contribution in [2.75, 3.05) is 44.0 Å². The summed E-state index contributed by atoms with van der Waals surface area (Å²) in [5, 5.41) is 5.64. The maximum atomic E-state index is 12.3. The maximum absolute atomic E-state index is 12.3. The molecule has 0 unspecified atom stereocenters. The molecule has 0 aliphatic heterocycles. The molecule has 2 amide bonds. The first-order valence-corrected chi connectivity index (χ1v) is 9.65. The van der Waals surface area contributed by atoms with Gasteiger partial charge in [-0.25, -0.2) is 0 Å². The number of nitrogens with zero attached hydrogens (tertiary/aromatic N) is 1. The van der Waals surface area contributed by atoms with Crippen LogP contribution in [0, 0.1) is 6.92 Å². The largest absolute Gasteiger partial charge is 0.490 e. The molecule has 0 aliphatic carbocycles. The smallest absolute Gasteiger partial charge is 0.238 e. The Morgan fingerprint density at radius 1 is 0.828 bits per heavy atom. The molecule has 2 aromatic rings. The normalized spacial score (nSPS) is 10.5. The number of amides is 2. The van der Waals surface area contributed by atoms with Crippen LogP contribution in [0.25, 0.3) is 0 Å². The summed E-state index contributed by atoms with van der Waals surface area (Å²) in [6.07, 6.45) is 0. The van der Waals surface area contributed by atoms with Crippen LogP contribution in [0.1, 0.15) is 19.4 Å². The van der Waals surface area contributed by atoms with Gasteiger partial charge < -0.3 is 20.1 Å². The monoisotopic (exact) mass is 399 g/mol. The molecule has 2 aromatic carbocycles. The molecule has 7 heteroatoms. The molecule has 156 valence electrons. The number of carbonyl (C=O) groups excluding carboxylic acids is 2. The third kappa shape index (κ3) is 7.46. The van der Waals surface area contributed by atoms with Gasteiger partial charge in [-0.2, -0.15) is 0 Å². The summed E-state index contributed by atoms with van der Waals surface area (Å²) in [5.41, 5.74) is 2.47. The van der Waals surface area contributed by atoms with E-state index in [-0.39, 0.29) is 24.9 Å². The van der Waals surface area contributed by atoms with Gasteiger partial charge in [-0.05, 0) is 52.1 Å². The molecule has 0 fully saturated rings. The lowest BCUT2D eigenvalue weighted by Gasteiger charge is -2.17. The van der Waals surface area contributed by atoms with Crippen LogP contribution in [0.4, 0.5) is 11.4 Å². The standard InChI is InChI=1S/C22H29N3O4/c1-5-28-19-12-11-18(13-20(19)29-6-2)24-22(27)15-25(4)14-21(26)23-17-9-7-16(3)8-10-17/h7-13H,5-6,14-15H2,1-4H3,(H,23,26)(H,24,27). The predicted octanol–water partition coefficient (Wildman–Crippen LogP) is 3.30. The molecule has 0 saturated carbocycles. The van der Waals surface area contributed by atoms with Gasteiger partial charge in [-0.1, -0.05) is 17.7 Å². The first kappa shape index (κ1) is 22.2. The molecule has 0 radical (unpaired) electrons. The van der Waals surface area contributed by atoms with Crippen molar-refractivity contribution in [2.45, 2.75) is 20.8 Å². The number of aryl methyl sites for hydroxylation is 1. The lowest BCUT2D eigenvalue weighted by atomic mass is 10.2. The van der Waals surface area contributed by atoms with Crippen LogP contribution in [0.2, 0.25) is 0 Å². The minimum absolute atomic E-state index is 0.0818. The molecule has 29 heavy (non-hydrogen) atoms. The van der Waals surface area contributed by atoms with Gasteiger partial charge in [0.2, 0.25) is 11.8 Å². The molecule has 0 saturated heterocycles. The van der Waals surface area contributed by atoms with Crippen molar-refractivity contribution in [1.82, 2.24) is 4.90 Å². The fraction of sp³-hybridized carbons (Fsp3) is 0.364. The van der Waals surface area contributed by atoms with E-state index in [1.807, 2.05) is 45.0 Å². The Hall–Kier alpha value is -3.06. The lowest BCUT2D eigenvalue weighted by Crippen LogP contribution is -2.36. The van der Waals surface area contributed by atoms with Crippen molar-refractivity contribution in [1.29, 1.82) is 0 Å². The molecule has 0 heterocycles. The Morgan fingerprint density at radius 2 is 1.34 bits per heavy atom. The van der Waals surface area contributed by atoms with E-state index in [0.29, 0.717) is 30.4 Å². The number of hydrogen-bond acceptors (Lipinski definition) is 5. The molecule has 0 atom stereocenters. The zero-order valence-corrected chi connectivity index (χ0v) is 17.5. The lowest BCUT2D eigenvalue weighted by molar-refractivity contribution is -0.119. The fourth-order valence-corrected chi connectivity index (χ4v) is 2.71. The summed E-state index contributed by atoms with van der Waals surface area (Å²) in [6, 6.07) is 12.8.